The van der Waals surface area contributed by atoms with Crippen LogP contribution in [-0.4, -0.2) is 28.9 Å². The van der Waals surface area contributed by atoms with Gasteiger partial charge in [-0.25, -0.2) is 9.78 Å². The van der Waals surface area contributed by atoms with Crippen LogP contribution in [0.15, 0.2) is 35.4 Å². The van der Waals surface area contributed by atoms with Gasteiger partial charge in [0, 0.05) is 22.2 Å². The van der Waals surface area contributed by atoms with Gasteiger partial charge >= 0.3 is 5.97 Å². The van der Waals surface area contributed by atoms with E-state index in [0.717, 1.165) is 28.4 Å². The molecule has 0 unspecified atom stereocenters. The lowest BCUT2D eigenvalue weighted by Crippen LogP contribution is -2.41. The molecule has 0 atom stereocenters. The predicted molar refractivity (Wildman–Crippen MR) is 140 cm³/mol. The number of fused-ring (bicyclic) bond motifs is 1. The highest BCUT2D eigenvalue weighted by atomic mass is 32.2. The van der Waals surface area contributed by atoms with Gasteiger partial charge in [-0.05, 0) is 75.0 Å². The molecule has 1 aliphatic rings. The maximum Gasteiger partial charge on any atom is 0.339 e. The largest absolute Gasteiger partial charge is 0.487 e. The average Bonchev–Trinajstić information content (AvgIpc) is 2.77. The van der Waals surface area contributed by atoms with E-state index >= 15 is 0 Å². The Hall–Kier alpha value is -2.45. The number of aromatic nitrogens is 1. The van der Waals surface area contributed by atoms with E-state index in [1.165, 1.54) is 37.4 Å². The van der Waals surface area contributed by atoms with Crippen LogP contribution in [0, 0.1) is 11.8 Å². The number of hydrogen-bond acceptors (Lipinski definition) is 5. The molecule has 1 aliphatic heterocycles. The van der Waals surface area contributed by atoms with Crippen LogP contribution in [0.5, 0.6) is 5.75 Å². The van der Waals surface area contributed by atoms with Crippen LogP contribution in [0.4, 0.5) is 0 Å². The molecule has 1 aromatic carbocycles. The molecule has 0 spiro atoms. The molecule has 0 amide bonds. The zero-order valence-corrected chi connectivity index (χ0v) is 22.2. The van der Waals surface area contributed by atoms with Crippen LogP contribution in [0.1, 0.15) is 101 Å². The van der Waals surface area contributed by atoms with Gasteiger partial charge in [-0.15, -0.1) is 11.8 Å². The van der Waals surface area contributed by atoms with Gasteiger partial charge in [0.25, 0.3) is 0 Å². The highest BCUT2D eigenvalue weighted by molar-refractivity contribution is 7.99. The van der Waals surface area contributed by atoms with E-state index in [9.17, 15) is 4.79 Å². The summed E-state index contributed by atoms with van der Waals surface area (Å²) in [4.78, 5) is 17.4. The van der Waals surface area contributed by atoms with Gasteiger partial charge in [0.05, 0.1) is 12.2 Å². The van der Waals surface area contributed by atoms with Crippen molar-refractivity contribution >= 4 is 17.7 Å². The zero-order valence-electron chi connectivity index (χ0n) is 21.4. The lowest BCUT2D eigenvalue weighted by Gasteiger charge is -2.42. The molecule has 0 fully saturated rings. The van der Waals surface area contributed by atoms with Crippen molar-refractivity contribution in [2.24, 2.45) is 0 Å². The number of pyridine rings is 1. The number of unbranched alkanes of at least 4 members (excludes halogenated alkanes) is 3. The molecule has 2 aromatic rings. The van der Waals surface area contributed by atoms with E-state index in [4.69, 9.17) is 9.47 Å². The zero-order chi connectivity index (χ0) is 24.8. The number of rotatable bonds is 8. The fourth-order valence-corrected chi connectivity index (χ4v) is 5.55. The monoisotopic (exact) mass is 479 g/mol. The number of carbonyl (C=O) groups is 1. The molecule has 0 bridgehead atoms. The van der Waals surface area contributed by atoms with E-state index in [1.807, 2.05) is 11.8 Å². The molecule has 0 N–H and O–H groups in total. The van der Waals surface area contributed by atoms with Crippen molar-refractivity contribution in [2.45, 2.75) is 89.6 Å². The molecule has 2 heterocycles. The number of thioether (sulfide) groups is 1. The molecule has 4 nitrogen and oxygen atoms in total. The van der Waals surface area contributed by atoms with Gasteiger partial charge < -0.3 is 9.47 Å². The smallest absolute Gasteiger partial charge is 0.339 e. The van der Waals surface area contributed by atoms with Gasteiger partial charge in [0.15, 0.2) is 0 Å². The lowest BCUT2D eigenvalue weighted by atomic mass is 9.73. The van der Waals surface area contributed by atoms with E-state index < -0.39 is 0 Å². The third-order valence-corrected chi connectivity index (χ3v) is 7.06. The minimum atomic E-state index is -0.365. The number of ether oxygens (including phenoxy) is 2. The van der Waals surface area contributed by atoms with E-state index in [1.54, 1.807) is 19.1 Å². The minimum Gasteiger partial charge on any atom is -0.487 e. The lowest BCUT2D eigenvalue weighted by molar-refractivity contribution is 0.0520. The van der Waals surface area contributed by atoms with Crippen LogP contribution in [-0.2, 0) is 10.2 Å². The first-order chi connectivity index (χ1) is 16.1. The highest BCUT2D eigenvalue weighted by Gasteiger charge is 2.39. The standard InChI is InChI=1S/C29H37NO3S/c1-7-9-10-11-16-34-26-18-25-24(28(3,4)20-29(5,6)33-25)17-21(26)12-14-23-15-13-22(19-30-23)27(31)32-8-2/h13,15,17-19H,7-11,16,20H2,1-6H3. The Morgan fingerprint density at radius 1 is 1.12 bits per heavy atom. The summed E-state index contributed by atoms with van der Waals surface area (Å²) in [5.41, 5.74) is 3.07. The van der Waals surface area contributed by atoms with Gasteiger partial charge in [-0.3, -0.25) is 0 Å². The summed E-state index contributed by atoms with van der Waals surface area (Å²) in [6.07, 6.45) is 7.42. The van der Waals surface area contributed by atoms with E-state index in [-0.39, 0.29) is 17.0 Å². The van der Waals surface area contributed by atoms with E-state index in [2.05, 4.69) is 63.6 Å². The number of hydrogen-bond donors (Lipinski definition) is 0. The molecule has 0 aliphatic carbocycles. The van der Waals surface area contributed by atoms with Crippen LogP contribution in [0.2, 0.25) is 0 Å². The molecule has 5 heteroatoms. The molecular weight excluding hydrogens is 442 g/mol. The Kier molecular flexibility index (Phi) is 8.71. The first-order valence-electron chi connectivity index (χ1n) is 12.3. The molecule has 0 saturated heterocycles. The van der Waals surface area contributed by atoms with Crippen molar-refractivity contribution in [2.75, 3.05) is 12.4 Å². The summed E-state index contributed by atoms with van der Waals surface area (Å²) < 4.78 is 11.4. The first kappa shape index (κ1) is 26.2. The van der Waals surface area contributed by atoms with Crippen molar-refractivity contribution in [3.63, 3.8) is 0 Å². The van der Waals surface area contributed by atoms with Gasteiger partial charge in [0.1, 0.15) is 17.0 Å². The van der Waals surface area contributed by atoms with Crippen molar-refractivity contribution in [3.8, 4) is 17.6 Å². The van der Waals surface area contributed by atoms with Crippen molar-refractivity contribution in [1.29, 1.82) is 0 Å². The van der Waals surface area contributed by atoms with Gasteiger partial charge in [0.2, 0.25) is 0 Å². The Bertz CT molecular complexity index is 1060. The van der Waals surface area contributed by atoms with E-state index in [0.29, 0.717) is 17.9 Å². The second kappa shape index (κ2) is 11.3. The Morgan fingerprint density at radius 3 is 2.59 bits per heavy atom. The van der Waals surface area contributed by atoms with Crippen LogP contribution in [0.25, 0.3) is 0 Å². The quantitative estimate of drug-likeness (QED) is 0.174. The number of carbonyl (C=O) groups excluding carboxylic acids is 1. The van der Waals surface area contributed by atoms with Gasteiger partial charge in [-0.2, -0.15) is 0 Å². The third kappa shape index (κ3) is 6.79. The van der Waals surface area contributed by atoms with Crippen molar-refractivity contribution < 1.29 is 14.3 Å². The maximum absolute atomic E-state index is 11.9. The number of esters is 1. The third-order valence-electron chi connectivity index (χ3n) is 5.92. The fraction of sp³-hybridized carbons (Fsp3) is 0.517. The predicted octanol–water partition coefficient (Wildman–Crippen LogP) is 7.17. The van der Waals surface area contributed by atoms with Crippen LogP contribution >= 0.6 is 11.8 Å². The first-order valence-corrected chi connectivity index (χ1v) is 13.3. The minimum absolute atomic E-state index is 0.00261. The summed E-state index contributed by atoms with van der Waals surface area (Å²) in [6, 6.07) is 7.87. The molecule has 34 heavy (non-hydrogen) atoms. The summed E-state index contributed by atoms with van der Waals surface area (Å²) in [7, 11) is 0. The molecule has 0 radical (unpaired) electrons. The van der Waals surface area contributed by atoms with Crippen molar-refractivity contribution in [1.82, 2.24) is 4.98 Å². The molecule has 182 valence electrons. The topological polar surface area (TPSA) is 48.4 Å². The highest BCUT2D eigenvalue weighted by Crippen LogP contribution is 2.46. The SMILES string of the molecule is CCCCCCSc1cc2c(cc1C#Cc1ccc(C(=O)OCC)cn1)C(C)(C)CC(C)(C)O2. The molecule has 0 saturated carbocycles. The Labute approximate surface area is 209 Å². The summed E-state index contributed by atoms with van der Waals surface area (Å²) >= 11 is 1.85. The summed E-state index contributed by atoms with van der Waals surface area (Å²) in [6.45, 7) is 13.2. The molecular formula is C29H37NO3S. The second-order valence-electron chi connectivity index (χ2n) is 10.1. The average molecular weight is 480 g/mol. The number of nitrogens with zero attached hydrogens (tertiary/aromatic N) is 1. The molecule has 3 rings (SSSR count). The fourth-order valence-electron chi connectivity index (χ4n) is 4.53. The van der Waals surface area contributed by atoms with Crippen molar-refractivity contribution in [3.05, 3.63) is 52.8 Å². The van der Waals surface area contributed by atoms with Crippen LogP contribution < -0.4 is 4.74 Å². The number of benzene rings is 1. The Morgan fingerprint density at radius 2 is 1.91 bits per heavy atom. The summed E-state index contributed by atoms with van der Waals surface area (Å²) in [5, 5.41) is 0. The maximum atomic E-state index is 11.9. The van der Waals surface area contributed by atoms with Crippen LogP contribution in [0.3, 0.4) is 0 Å². The molecule has 1 aromatic heterocycles. The Balaban J connectivity index is 1.91. The summed E-state index contributed by atoms with van der Waals surface area (Å²) in [5.74, 6) is 8.22. The second-order valence-corrected chi connectivity index (χ2v) is 11.2. The normalized spacial score (nSPS) is 15.5. The van der Waals surface area contributed by atoms with Gasteiger partial charge in [-0.1, -0.05) is 46.0 Å².